The normalized spacial score (nSPS) is 11.5. The van der Waals surface area contributed by atoms with Crippen LogP contribution < -0.4 is 5.30 Å². The van der Waals surface area contributed by atoms with Gasteiger partial charge < -0.3 is 0 Å². The maximum Gasteiger partial charge on any atom is 0.416 e. The summed E-state index contributed by atoms with van der Waals surface area (Å²) in [6.07, 6.45) is -4.22. The second-order valence-corrected chi connectivity index (χ2v) is 6.50. The molecule has 2 aromatic rings. The largest absolute Gasteiger partial charge is 0.416 e. The lowest BCUT2D eigenvalue weighted by atomic mass is 10.2. The molecule has 8 heteroatoms. The third kappa shape index (κ3) is 6.13. The Morgan fingerprint density at radius 1 is 0.955 bits per heavy atom. The highest BCUT2D eigenvalue weighted by Crippen LogP contribution is 2.28. The average Bonchev–Trinajstić information content (AvgIpc) is 2.38. The van der Waals surface area contributed by atoms with Crippen LogP contribution in [0, 0.1) is 6.92 Å². The van der Waals surface area contributed by atoms with Crippen LogP contribution in [0.3, 0.4) is 0 Å². The predicted octanol–water partition coefficient (Wildman–Crippen LogP) is 3.45. The molecule has 1 N–H and O–H groups in total. The molecule has 0 aliphatic carbocycles. The summed E-state index contributed by atoms with van der Waals surface area (Å²) >= 11 is 0. The van der Waals surface area contributed by atoms with Gasteiger partial charge in [0.2, 0.25) is 0 Å². The van der Waals surface area contributed by atoms with E-state index in [1.54, 1.807) is 12.1 Å². The van der Waals surface area contributed by atoms with E-state index >= 15 is 0 Å². The van der Waals surface area contributed by atoms with Gasteiger partial charge in [-0.05, 0) is 36.5 Å². The minimum atomic E-state index is -4.22. The van der Waals surface area contributed by atoms with E-state index in [0.717, 1.165) is 23.0 Å². The Morgan fingerprint density at radius 2 is 1.41 bits per heavy atom. The number of alkyl halides is 3. The lowest BCUT2D eigenvalue weighted by molar-refractivity contribution is -0.137. The average molecular weight is 350 g/mol. The zero-order chi connectivity index (χ0) is 17.0. The van der Waals surface area contributed by atoms with Crippen molar-refractivity contribution >= 4 is 24.7 Å². The monoisotopic (exact) mass is 350 g/mol. The summed E-state index contributed by atoms with van der Waals surface area (Å²) in [5.41, 5.74) is 0.348. The van der Waals surface area contributed by atoms with Crippen molar-refractivity contribution in [1.29, 1.82) is 0 Å². The molecular weight excluding hydrogens is 336 g/mol. The van der Waals surface area contributed by atoms with E-state index in [1.807, 2.05) is 6.92 Å². The van der Waals surface area contributed by atoms with E-state index in [1.165, 1.54) is 24.3 Å². The van der Waals surface area contributed by atoms with Gasteiger partial charge in [-0.1, -0.05) is 29.8 Å². The van der Waals surface area contributed by atoms with Crippen molar-refractivity contribution in [2.75, 3.05) is 0 Å². The second kappa shape index (κ2) is 7.22. The van der Waals surface area contributed by atoms with Gasteiger partial charge in [0.15, 0.2) is 0 Å². The Balaban J connectivity index is 0.000000220. The molecule has 0 amide bonds. The molecule has 0 fully saturated rings. The molecule has 0 saturated heterocycles. The maximum atomic E-state index is 11.9. The molecule has 1 atom stereocenters. The fraction of sp³-hybridized carbons (Fsp3) is 0.143. The van der Waals surface area contributed by atoms with E-state index in [-0.39, 0.29) is 4.90 Å². The first-order valence-electron chi connectivity index (χ1n) is 5.97. The second-order valence-electron chi connectivity index (χ2n) is 4.41. The third-order valence-electron chi connectivity index (χ3n) is 2.56. The van der Waals surface area contributed by atoms with Crippen molar-refractivity contribution < 1.29 is 26.1 Å². The first-order chi connectivity index (χ1) is 10.00. The number of aryl methyl sites for hydroxylation is 1. The standard InChI is InChI=1S/C7H6F3P.C7H8O3S/c8-7(9,10)5-1-3-6(11)4-2-5;1-6-2-4-7(5-3-6)11(8,9)10/h1-4H,11H2;2-5H,1H3,(H,8,9,10). The lowest BCUT2D eigenvalue weighted by Gasteiger charge is -2.05. The third-order valence-corrected chi connectivity index (χ3v) is 3.81. The zero-order valence-corrected chi connectivity index (χ0v) is 13.5. The summed E-state index contributed by atoms with van der Waals surface area (Å²) in [4.78, 5) is -0.0666. The summed E-state index contributed by atoms with van der Waals surface area (Å²) in [7, 11) is -1.69. The highest BCUT2D eigenvalue weighted by Gasteiger charge is 2.29. The summed E-state index contributed by atoms with van der Waals surface area (Å²) in [6.45, 7) is 1.84. The maximum absolute atomic E-state index is 11.9. The van der Waals surface area contributed by atoms with Crippen LogP contribution in [0.15, 0.2) is 53.4 Å². The molecule has 0 aliphatic rings. The smallest absolute Gasteiger partial charge is 0.282 e. The van der Waals surface area contributed by atoms with Crippen molar-refractivity contribution in [3.8, 4) is 0 Å². The molecule has 22 heavy (non-hydrogen) atoms. The molecule has 0 bridgehead atoms. The van der Waals surface area contributed by atoms with Crippen LogP contribution in [-0.2, 0) is 16.3 Å². The lowest BCUT2D eigenvalue weighted by Crippen LogP contribution is -2.05. The van der Waals surface area contributed by atoms with Gasteiger partial charge in [-0.3, -0.25) is 4.55 Å². The van der Waals surface area contributed by atoms with Gasteiger partial charge in [0.05, 0.1) is 10.5 Å². The Hall–Kier alpha value is -1.43. The Bertz CT molecular complexity index is 708. The SMILES string of the molecule is Cc1ccc(S(=O)(=O)O)cc1.FC(F)(F)c1ccc(P)cc1. The first kappa shape index (κ1) is 18.6. The van der Waals surface area contributed by atoms with Crippen LogP contribution in [0.1, 0.15) is 11.1 Å². The van der Waals surface area contributed by atoms with Crippen LogP contribution in [0.4, 0.5) is 13.2 Å². The summed E-state index contributed by atoms with van der Waals surface area (Å²) in [6, 6.07) is 10.9. The molecule has 0 aromatic heterocycles. The van der Waals surface area contributed by atoms with Gasteiger partial charge in [0.1, 0.15) is 0 Å². The van der Waals surface area contributed by atoms with Crippen molar-refractivity contribution in [1.82, 2.24) is 0 Å². The highest BCUT2D eigenvalue weighted by atomic mass is 32.2. The molecular formula is C14H14F3O3PS. The summed E-state index contributed by atoms with van der Waals surface area (Å²) in [5.74, 6) is 0. The van der Waals surface area contributed by atoms with Crippen LogP contribution in [0.2, 0.25) is 0 Å². The van der Waals surface area contributed by atoms with Crippen LogP contribution in [0.5, 0.6) is 0 Å². The van der Waals surface area contributed by atoms with Crippen molar-refractivity contribution in [3.05, 3.63) is 59.7 Å². The van der Waals surface area contributed by atoms with Gasteiger partial charge in [-0.25, -0.2) is 0 Å². The van der Waals surface area contributed by atoms with Gasteiger partial charge in [-0.2, -0.15) is 21.6 Å². The minimum absolute atomic E-state index is 0.0666. The van der Waals surface area contributed by atoms with Crippen molar-refractivity contribution in [2.24, 2.45) is 0 Å². The van der Waals surface area contributed by atoms with E-state index < -0.39 is 21.9 Å². The molecule has 2 rings (SSSR count). The van der Waals surface area contributed by atoms with Gasteiger partial charge in [0.25, 0.3) is 10.1 Å². The summed E-state index contributed by atoms with van der Waals surface area (Å²) < 4.78 is 65.3. The molecule has 0 saturated carbocycles. The van der Waals surface area contributed by atoms with E-state index in [2.05, 4.69) is 9.24 Å². The van der Waals surface area contributed by atoms with Crippen LogP contribution in [-0.4, -0.2) is 13.0 Å². The van der Waals surface area contributed by atoms with Crippen molar-refractivity contribution in [3.63, 3.8) is 0 Å². The van der Waals surface area contributed by atoms with Crippen molar-refractivity contribution in [2.45, 2.75) is 18.0 Å². The first-order valence-corrected chi connectivity index (χ1v) is 7.99. The van der Waals surface area contributed by atoms with Gasteiger partial charge in [-0.15, -0.1) is 9.24 Å². The molecule has 3 nitrogen and oxygen atoms in total. The number of hydrogen-bond donors (Lipinski definition) is 1. The van der Waals surface area contributed by atoms with Crippen LogP contribution >= 0.6 is 9.24 Å². The topological polar surface area (TPSA) is 54.4 Å². The fourth-order valence-corrected chi connectivity index (χ4v) is 2.05. The van der Waals surface area contributed by atoms with E-state index in [4.69, 9.17) is 4.55 Å². The molecule has 120 valence electrons. The molecule has 0 radical (unpaired) electrons. The Labute approximate surface area is 129 Å². The van der Waals surface area contributed by atoms with Gasteiger partial charge in [0, 0.05) is 0 Å². The molecule has 0 spiro atoms. The summed E-state index contributed by atoms with van der Waals surface area (Å²) in [5, 5.41) is 0.748. The van der Waals surface area contributed by atoms with E-state index in [0.29, 0.717) is 0 Å². The quantitative estimate of drug-likeness (QED) is 0.633. The molecule has 0 aliphatic heterocycles. The Kier molecular flexibility index (Phi) is 6.11. The van der Waals surface area contributed by atoms with Gasteiger partial charge >= 0.3 is 6.18 Å². The molecule has 0 heterocycles. The zero-order valence-electron chi connectivity index (χ0n) is 11.5. The predicted molar refractivity (Wildman–Crippen MR) is 81.8 cm³/mol. The number of benzene rings is 2. The Morgan fingerprint density at radius 3 is 1.77 bits per heavy atom. The number of hydrogen-bond acceptors (Lipinski definition) is 2. The van der Waals surface area contributed by atoms with E-state index in [9.17, 15) is 21.6 Å². The fourth-order valence-electron chi connectivity index (χ4n) is 1.38. The highest BCUT2D eigenvalue weighted by molar-refractivity contribution is 7.85. The van der Waals surface area contributed by atoms with Crippen LogP contribution in [0.25, 0.3) is 0 Å². The molecule has 2 aromatic carbocycles. The number of rotatable bonds is 1. The minimum Gasteiger partial charge on any atom is -0.282 e. The number of halogens is 3. The molecule has 1 unspecified atom stereocenters.